The van der Waals surface area contributed by atoms with Crippen LogP contribution < -0.4 is 9.64 Å². The largest absolute Gasteiger partial charge is 0.494 e. The number of amides is 1. The molecule has 4 rings (SSSR count). The molecule has 7 heteroatoms. The summed E-state index contributed by atoms with van der Waals surface area (Å²) >= 11 is 1.53. The summed E-state index contributed by atoms with van der Waals surface area (Å²) in [6, 6.07) is 15.3. The van der Waals surface area contributed by atoms with Crippen LogP contribution in [0.4, 0.5) is 5.13 Å². The van der Waals surface area contributed by atoms with E-state index >= 15 is 0 Å². The first kappa shape index (κ1) is 19.8. The maximum atomic E-state index is 13.3. The highest BCUT2D eigenvalue weighted by Gasteiger charge is 2.22. The molecule has 1 aromatic heterocycles. The number of morpholine rings is 1. The molecule has 1 aliphatic rings. The predicted octanol–water partition coefficient (Wildman–Crippen LogP) is 3.67. The molecule has 152 valence electrons. The number of benzene rings is 2. The van der Waals surface area contributed by atoms with Gasteiger partial charge in [-0.05, 0) is 37.3 Å². The molecule has 0 bridgehead atoms. The van der Waals surface area contributed by atoms with Crippen LogP contribution in [0.2, 0.25) is 0 Å². The summed E-state index contributed by atoms with van der Waals surface area (Å²) in [6.45, 7) is 7.25. The van der Waals surface area contributed by atoms with Gasteiger partial charge in [-0.2, -0.15) is 0 Å². The van der Waals surface area contributed by atoms with Gasteiger partial charge in [0.15, 0.2) is 5.13 Å². The third-order valence-corrected chi connectivity index (χ3v) is 5.94. The van der Waals surface area contributed by atoms with E-state index in [0.717, 1.165) is 53.9 Å². The van der Waals surface area contributed by atoms with Gasteiger partial charge in [-0.3, -0.25) is 14.6 Å². The molecule has 0 unspecified atom stereocenters. The van der Waals surface area contributed by atoms with E-state index in [4.69, 9.17) is 14.5 Å². The normalized spacial score (nSPS) is 14.8. The molecular weight excluding hydrogens is 386 g/mol. The molecule has 1 aliphatic heterocycles. The van der Waals surface area contributed by atoms with Crippen molar-refractivity contribution in [3.63, 3.8) is 0 Å². The number of hydrogen-bond acceptors (Lipinski definition) is 6. The molecule has 6 nitrogen and oxygen atoms in total. The zero-order valence-electron chi connectivity index (χ0n) is 16.5. The van der Waals surface area contributed by atoms with E-state index in [1.807, 2.05) is 55.5 Å². The van der Waals surface area contributed by atoms with Gasteiger partial charge in [0.05, 0.1) is 30.0 Å². The van der Waals surface area contributed by atoms with Crippen LogP contribution in [0.3, 0.4) is 0 Å². The highest BCUT2D eigenvalue weighted by atomic mass is 32.1. The van der Waals surface area contributed by atoms with E-state index in [1.54, 1.807) is 4.90 Å². The van der Waals surface area contributed by atoms with Crippen molar-refractivity contribution in [2.24, 2.45) is 0 Å². The maximum Gasteiger partial charge on any atom is 0.260 e. The first-order chi connectivity index (χ1) is 14.2. The third-order valence-electron chi connectivity index (χ3n) is 4.90. The number of anilines is 1. The Labute approximate surface area is 174 Å². The Morgan fingerprint density at radius 3 is 2.76 bits per heavy atom. The first-order valence-corrected chi connectivity index (χ1v) is 10.8. The van der Waals surface area contributed by atoms with Crippen molar-refractivity contribution in [2.45, 2.75) is 6.92 Å². The molecule has 2 heterocycles. The van der Waals surface area contributed by atoms with Crippen LogP contribution in [0, 0.1) is 0 Å². The Morgan fingerprint density at radius 2 is 2.00 bits per heavy atom. The maximum absolute atomic E-state index is 13.3. The zero-order chi connectivity index (χ0) is 20.1. The molecule has 29 heavy (non-hydrogen) atoms. The molecule has 1 saturated heterocycles. The van der Waals surface area contributed by atoms with Crippen LogP contribution in [0.25, 0.3) is 10.2 Å². The van der Waals surface area contributed by atoms with Gasteiger partial charge in [-0.15, -0.1) is 0 Å². The fourth-order valence-electron chi connectivity index (χ4n) is 3.35. The van der Waals surface area contributed by atoms with Crippen LogP contribution in [-0.4, -0.2) is 61.8 Å². The molecule has 0 N–H and O–H groups in total. The van der Waals surface area contributed by atoms with Gasteiger partial charge in [0.1, 0.15) is 5.75 Å². The van der Waals surface area contributed by atoms with E-state index in [9.17, 15) is 4.79 Å². The highest BCUT2D eigenvalue weighted by Crippen LogP contribution is 2.32. The van der Waals surface area contributed by atoms with E-state index in [2.05, 4.69) is 4.90 Å². The lowest BCUT2D eigenvalue weighted by Crippen LogP contribution is -2.43. The van der Waals surface area contributed by atoms with Crippen LogP contribution in [0.5, 0.6) is 5.75 Å². The molecule has 0 atom stereocenters. The van der Waals surface area contributed by atoms with Crippen LogP contribution in [-0.2, 0) is 4.74 Å². The molecule has 3 aromatic rings. The van der Waals surface area contributed by atoms with Gasteiger partial charge in [-0.1, -0.05) is 29.5 Å². The molecule has 0 aliphatic carbocycles. The first-order valence-electron chi connectivity index (χ1n) is 9.95. The van der Waals surface area contributed by atoms with Gasteiger partial charge in [0.2, 0.25) is 0 Å². The van der Waals surface area contributed by atoms with Crippen molar-refractivity contribution in [3.05, 3.63) is 54.1 Å². The number of aromatic nitrogens is 1. The number of thiazole rings is 1. The quantitative estimate of drug-likeness (QED) is 0.594. The van der Waals surface area contributed by atoms with Crippen LogP contribution in [0.1, 0.15) is 17.3 Å². The van der Waals surface area contributed by atoms with Crippen molar-refractivity contribution in [1.82, 2.24) is 9.88 Å². The van der Waals surface area contributed by atoms with Crippen molar-refractivity contribution < 1.29 is 14.3 Å². The van der Waals surface area contributed by atoms with E-state index in [1.165, 1.54) is 11.3 Å². The summed E-state index contributed by atoms with van der Waals surface area (Å²) in [4.78, 5) is 22.2. The number of carbonyl (C=O) groups excluding carboxylic acids is 1. The average molecular weight is 412 g/mol. The number of carbonyl (C=O) groups is 1. The third kappa shape index (κ3) is 4.75. The van der Waals surface area contributed by atoms with E-state index in [0.29, 0.717) is 18.7 Å². The minimum Gasteiger partial charge on any atom is -0.494 e. The fraction of sp³-hybridized carbons (Fsp3) is 0.364. The number of ether oxygens (including phenoxy) is 2. The van der Waals surface area contributed by atoms with Crippen molar-refractivity contribution in [2.75, 3.05) is 50.9 Å². The summed E-state index contributed by atoms with van der Waals surface area (Å²) in [5, 5.41) is 0.718. The number of hydrogen-bond donors (Lipinski definition) is 0. The summed E-state index contributed by atoms with van der Waals surface area (Å²) < 4.78 is 12.1. The van der Waals surface area contributed by atoms with Gasteiger partial charge < -0.3 is 9.47 Å². The lowest BCUT2D eigenvalue weighted by Gasteiger charge is -2.29. The van der Waals surface area contributed by atoms with Gasteiger partial charge in [0, 0.05) is 31.7 Å². The fourth-order valence-corrected chi connectivity index (χ4v) is 4.37. The molecular formula is C22H25N3O3S. The Kier molecular flexibility index (Phi) is 6.39. The SMILES string of the molecule is CCOc1ccc2nc(N(CCN3CCOCC3)C(=O)c3ccccc3)sc2c1. The standard InChI is InChI=1S/C22H25N3O3S/c1-2-28-18-8-9-19-20(16-18)29-22(23-19)25(11-10-24-12-14-27-15-13-24)21(26)17-6-4-3-5-7-17/h3-9,16H,2,10-15H2,1H3. The second-order valence-corrected chi connectivity index (χ2v) is 7.84. The number of rotatable bonds is 7. The Bertz CT molecular complexity index is 954. The second kappa shape index (κ2) is 9.35. The summed E-state index contributed by atoms with van der Waals surface area (Å²) in [6.07, 6.45) is 0. The Balaban J connectivity index is 1.61. The zero-order valence-corrected chi connectivity index (χ0v) is 17.4. The Morgan fingerprint density at radius 1 is 1.21 bits per heavy atom. The van der Waals surface area contributed by atoms with Crippen LogP contribution in [0.15, 0.2) is 48.5 Å². The highest BCUT2D eigenvalue weighted by molar-refractivity contribution is 7.22. The molecule has 1 fully saturated rings. The monoisotopic (exact) mass is 411 g/mol. The van der Waals surface area contributed by atoms with Gasteiger partial charge >= 0.3 is 0 Å². The lowest BCUT2D eigenvalue weighted by atomic mass is 10.2. The minimum absolute atomic E-state index is 0.0250. The second-order valence-electron chi connectivity index (χ2n) is 6.84. The summed E-state index contributed by atoms with van der Waals surface area (Å²) in [7, 11) is 0. The predicted molar refractivity (Wildman–Crippen MR) is 116 cm³/mol. The van der Waals surface area contributed by atoms with E-state index < -0.39 is 0 Å². The molecule has 1 amide bonds. The Hall–Kier alpha value is -2.48. The minimum atomic E-state index is -0.0250. The topological polar surface area (TPSA) is 54.9 Å². The summed E-state index contributed by atoms with van der Waals surface area (Å²) in [5.41, 5.74) is 1.55. The van der Waals surface area contributed by atoms with E-state index in [-0.39, 0.29) is 5.91 Å². The van der Waals surface area contributed by atoms with Crippen molar-refractivity contribution in [3.8, 4) is 5.75 Å². The number of fused-ring (bicyclic) bond motifs is 1. The molecule has 0 spiro atoms. The molecule has 2 aromatic carbocycles. The van der Waals surface area contributed by atoms with Gasteiger partial charge in [0.25, 0.3) is 5.91 Å². The summed E-state index contributed by atoms with van der Waals surface area (Å²) in [5.74, 6) is 0.799. The van der Waals surface area contributed by atoms with Crippen LogP contribution >= 0.6 is 11.3 Å². The smallest absolute Gasteiger partial charge is 0.260 e. The van der Waals surface area contributed by atoms with Crippen molar-refractivity contribution >= 4 is 32.6 Å². The molecule has 0 saturated carbocycles. The van der Waals surface area contributed by atoms with Crippen molar-refractivity contribution in [1.29, 1.82) is 0 Å². The van der Waals surface area contributed by atoms with Gasteiger partial charge in [-0.25, -0.2) is 4.98 Å². The average Bonchev–Trinajstić information content (AvgIpc) is 3.18. The lowest BCUT2D eigenvalue weighted by molar-refractivity contribution is 0.0391. The number of nitrogens with zero attached hydrogens (tertiary/aromatic N) is 3. The molecule has 0 radical (unpaired) electrons.